The van der Waals surface area contributed by atoms with Crippen molar-refractivity contribution in [2.24, 2.45) is 5.41 Å². The number of hydrogen-bond donors (Lipinski definition) is 2. The van der Waals surface area contributed by atoms with Crippen LogP contribution >= 0.6 is 0 Å². The lowest BCUT2D eigenvalue weighted by atomic mass is 10.0. The summed E-state index contributed by atoms with van der Waals surface area (Å²) in [4.78, 5) is 10.6. The first-order valence-electron chi connectivity index (χ1n) is 5.53. The smallest absolute Gasteiger partial charge is 0.335 e. The van der Waals surface area contributed by atoms with Gasteiger partial charge in [0.2, 0.25) is 10.0 Å². The van der Waals surface area contributed by atoms with Gasteiger partial charge < -0.3 is 5.11 Å². The summed E-state index contributed by atoms with van der Waals surface area (Å²) < 4.78 is 39.3. The summed E-state index contributed by atoms with van der Waals surface area (Å²) in [5.41, 5.74) is -0.964. The molecular weight excluding hydrogens is 273 g/mol. The molecule has 1 rings (SSSR count). The van der Waals surface area contributed by atoms with Crippen molar-refractivity contribution >= 4 is 21.7 Å². The SMILES string of the molecule is CC(C)(C)CS(=O)(=O)Nc1ccc(C(=O)O)cc1F. The number of benzene rings is 1. The predicted octanol–water partition coefficient (Wildman–Crippen LogP) is 2.31. The van der Waals surface area contributed by atoms with Crippen LogP contribution in [-0.4, -0.2) is 25.2 Å². The monoisotopic (exact) mass is 289 g/mol. The van der Waals surface area contributed by atoms with Gasteiger partial charge in [0, 0.05) is 0 Å². The maximum Gasteiger partial charge on any atom is 0.335 e. The van der Waals surface area contributed by atoms with E-state index >= 15 is 0 Å². The van der Waals surface area contributed by atoms with E-state index in [0.29, 0.717) is 0 Å². The third-order valence-corrected chi connectivity index (χ3v) is 3.88. The van der Waals surface area contributed by atoms with Crippen molar-refractivity contribution < 1.29 is 22.7 Å². The van der Waals surface area contributed by atoms with Crippen molar-refractivity contribution in [2.45, 2.75) is 20.8 Å². The number of carboxylic acid groups (broad SMARTS) is 1. The van der Waals surface area contributed by atoms with Crippen molar-refractivity contribution in [3.8, 4) is 0 Å². The molecule has 0 radical (unpaired) electrons. The first kappa shape index (κ1) is 15.4. The highest BCUT2D eigenvalue weighted by Gasteiger charge is 2.22. The molecule has 5 nitrogen and oxygen atoms in total. The van der Waals surface area contributed by atoms with Crippen LogP contribution in [0.1, 0.15) is 31.1 Å². The Balaban J connectivity index is 2.98. The quantitative estimate of drug-likeness (QED) is 0.891. The van der Waals surface area contributed by atoms with E-state index in [4.69, 9.17) is 5.11 Å². The summed E-state index contributed by atoms with van der Waals surface area (Å²) in [6.07, 6.45) is 0. The molecule has 0 aliphatic heterocycles. The topological polar surface area (TPSA) is 83.5 Å². The van der Waals surface area contributed by atoms with Gasteiger partial charge in [0.25, 0.3) is 0 Å². The maximum absolute atomic E-state index is 13.6. The highest BCUT2D eigenvalue weighted by Crippen LogP contribution is 2.21. The Morgan fingerprint density at radius 2 is 1.95 bits per heavy atom. The lowest BCUT2D eigenvalue weighted by Crippen LogP contribution is -2.26. The predicted molar refractivity (Wildman–Crippen MR) is 70.2 cm³/mol. The molecule has 0 saturated carbocycles. The molecule has 0 aromatic heterocycles. The summed E-state index contributed by atoms with van der Waals surface area (Å²) >= 11 is 0. The highest BCUT2D eigenvalue weighted by molar-refractivity contribution is 7.92. The number of hydrogen-bond acceptors (Lipinski definition) is 3. The molecule has 0 spiro atoms. The standard InChI is InChI=1S/C12H16FNO4S/c1-12(2,3)7-19(17,18)14-10-5-4-8(11(15)16)6-9(10)13/h4-6,14H,7H2,1-3H3,(H,15,16). The van der Waals surface area contributed by atoms with Crippen molar-refractivity contribution in [1.29, 1.82) is 0 Å². The molecule has 0 aliphatic rings. The van der Waals surface area contributed by atoms with Crippen LogP contribution in [0.3, 0.4) is 0 Å². The average Bonchev–Trinajstić information content (AvgIpc) is 2.16. The van der Waals surface area contributed by atoms with Gasteiger partial charge in [0.05, 0.1) is 17.0 Å². The third kappa shape index (κ3) is 4.86. The van der Waals surface area contributed by atoms with E-state index in [-0.39, 0.29) is 17.0 Å². The summed E-state index contributed by atoms with van der Waals surface area (Å²) in [5, 5.41) is 8.68. The Kier molecular flexibility index (Phi) is 4.19. The molecular formula is C12H16FNO4S. The molecule has 0 heterocycles. The molecule has 0 atom stereocenters. The van der Waals surface area contributed by atoms with Crippen LogP contribution in [0.4, 0.5) is 10.1 Å². The van der Waals surface area contributed by atoms with Crippen LogP contribution in [-0.2, 0) is 10.0 Å². The Hall–Kier alpha value is -1.63. The molecule has 1 aromatic rings. The van der Waals surface area contributed by atoms with Crippen LogP contribution in [0.5, 0.6) is 0 Å². The van der Waals surface area contributed by atoms with Gasteiger partial charge >= 0.3 is 5.97 Å². The molecule has 2 N–H and O–H groups in total. The van der Waals surface area contributed by atoms with Gasteiger partial charge in [0.1, 0.15) is 5.82 Å². The second kappa shape index (κ2) is 5.16. The number of anilines is 1. The van der Waals surface area contributed by atoms with Gasteiger partial charge in [-0.3, -0.25) is 4.72 Å². The zero-order valence-corrected chi connectivity index (χ0v) is 11.7. The average molecular weight is 289 g/mol. The van der Waals surface area contributed by atoms with Crippen LogP contribution in [0.2, 0.25) is 0 Å². The zero-order valence-electron chi connectivity index (χ0n) is 10.9. The minimum Gasteiger partial charge on any atom is -0.478 e. The lowest BCUT2D eigenvalue weighted by molar-refractivity contribution is 0.0696. The minimum atomic E-state index is -3.69. The van der Waals surface area contributed by atoms with Gasteiger partial charge in [0.15, 0.2) is 0 Å². The fourth-order valence-corrected chi connectivity index (χ4v) is 3.22. The molecule has 0 bridgehead atoms. The third-order valence-electron chi connectivity index (χ3n) is 2.10. The highest BCUT2D eigenvalue weighted by atomic mass is 32.2. The summed E-state index contributed by atoms with van der Waals surface area (Å²) in [6.45, 7) is 5.24. The van der Waals surface area contributed by atoms with Gasteiger partial charge in [-0.25, -0.2) is 17.6 Å². The normalized spacial score (nSPS) is 12.2. The first-order chi connectivity index (χ1) is 8.50. The van der Waals surface area contributed by atoms with E-state index in [1.165, 1.54) is 0 Å². The van der Waals surface area contributed by atoms with E-state index in [9.17, 15) is 17.6 Å². The van der Waals surface area contributed by atoms with Crippen LogP contribution < -0.4 is 4.72 Å². The second-order valence-electron chi connectivity index (χ2n) is 5.42. The number of carboxylic acids is 1. The summed E-state index contributed by atoms with van der Waals surface area (Å²) in [5.74, 6) is -2.36. The fourth-order valence-electron chi connectivity index (χ4n) is 1.50. The summed E-state index contributed by atoms with van der Waals surface area (Å²) in [7, 11) is -3.69. The Labute approximate surface area is 111 Å². The number of aromatic carboxylic acids is 1. The number of sulfonamides is 1. The van der Waals surface area contributed by atoms with Crippen molar-refractivity contribution in [3.63, 3.8) is 0 Å². The van der Waals surface area contributed by atoms with E-state index in [1.54, 1.807) is 20.8 Å². The lowest BCUT2D eigenvalue weighted by Gasteiger charge is -2.19. The maximum atomic E-state index is 13.6. The largest absolute Gasteiger partial charge is 0.478 e. The van der Waals surface area contributed by atoms with Crippen LogP contribution in [0.15, 0.2) is 18.2 Å². The van der Waals surface area contributed by atoms with Crippen molar-refractivity contribution in [2.75, 3.05) is 10.5 Å². The Bertz CT molecular complexity index is 590. The van der Waals surface area contributed by atoms with Gasteiger partial charge in [-0.2, -0.15) is 0 Å². The van der Waals surface area contributed by atoms with Crippen molar-refractivity contribution in [3.05, 3.63) is 29.6 Å². The van der Waals surface area contributed by atoms with Crippen LogP contribution in [0, 0.1) is 11.2 Å². The second-order valence-corrected chi connectivity index (χ2v) is 7.14. The molecule has 1 aromatic carbocycles. The molecule has 0 saturated heterocycles. The molecule has 0 amide bonds. The number of rotatable bonds is 4. The molecule has 7 heteroatoms. The van der Waals surface area contributed by atoms with E-state index in [1.807, 2.05) is 0 Å². The number of nitrogens with one attached hydrogen (secondary N) is 1. The molecule has 0 fully saturated rings. The summed E-state index contributed by atoms with van der Waals surface area (Å²) in [6, 6.07) is 3.01. The minimum absolute atomic E-state index is 0.167. The number of halogens is 1. The molecule has 0 aliphatic carbocycles. The van der Waals surface area contributed by atoms with Gasteiger partial charge in [-0.05, 0) is 23.6 Å². The Morgan fingerprint density at radius 3 is 2.37 bits per heavy atom. The first-order valence-corrected chi connectivity index (χ1v) is 7.19. The zero-order chi connectivity index (χ0) is 14.8. The fraction of sp³-hybridized carbons (Fsp3) is 0.417. The molecule has 19 heavy (non-hydrogen) atoms. The van der Waals surface area contributed by atoms with E-state index in [2.05, 4.69) is 4.72 Å². The molecule has 0 unspecified atom stereocenters. The Morgan fingerprint density at radius 1 is 1.37 bits per heavy atom. The number of carbonyl (C=O) groups is 1. The van der Waals surface area contributed by atoms with Crippen molar-refractivity contribution in [1.82, 2.24) is 0 Å². The van der Waals surface area contributed by atoms with Gasteiger partial charge in [-0.15, -0.1) is 0 Å². The molecule has 106 valence electrons. The van der Waals surface area contributed by atoms with E-state index in [0.717, 1.165) is 18.2 Å². The van der Waals surface area contributed by atoms with E-state index < -0.39 is 27.2 Å². The van der Waals surface area contributed by atoms with Gasteiger partial charge in [-0.1, -0.05) is 20.8 Å². The van der Waals surface area contributed by atoms with Crippen LogP contribution in [0.25, 0.3) is 0 Å².